The average molecular weight is 715 g/mol. The van der Waals surface area contributed by atoms with Crippen molar-refractivity contribution < 1.29 is 0 Å². The van der Waals surface area contributed by atoms with E-state index in [1.54, 1.807) is 0 Å². The van der Waals surface area contributed by atoms with E-state index in [4.69, 9.17) is 9.97 Å². The van der Waals surface area contributed by atoms with Crippen molar-refractivity contribution in [2.75, 3.05) is 0 Å². The van der Waals surface area contributed by atoms with Crippen LogP contribution in [0.25, 0.3) is 100 Å². The number of aromatic nitrogens is 4. The lowest BCUT2D eigenvalue weighted by Gasteiger charge is -2.14. The van der Waals surface area contributed by atoms with Gasteiger partial charge in [0.1, 0.15) is 0 Å². The van der Waals surface area contributed by atoms with Gasteiger partial charge in [0.25, 0.3) is 0 Å². The van der Waals surface area contributed by atoms with Gasteiger partial charge in [-0.05, 0) is 48.0 Å². The first-order valence-corrected chi connectivity index (χ1v) is 19.0. The third-order valence-electron chi connectivity index (χ3n) is 10.9. The Kier molecular flexibility index (Phi) is 7.46. The topological polar surface area (TPSA) is 35.6 Å². The number of nitrogens with zero attached hydrogens (tertiary/aromatic N) is 4. The molecule has 0 atom stereocenters. The SMILES string of the molecule is c1ccc(-c2cc(-c3ccc(-n4c5ccccc5c5ccc6c(c7ccccc7n6-c6ccccc6-c6ccccc6)c54)cc3)nc(-c3ccccc3)n2)cc1. The van der Waals surface area contributed by atoms with Crippen molar-refractivity contribution in [1.82, 2.24) is 19.1 Å². The Morgan fingerprint density at radius 2 is 0.875 bits per heavy atom. The smallest absolute Gasteiger partial charge is 0.160 e. The van der Waals surface area contributed by atoms with E-state index in [1.165, 1.54) is 54.7 Å². The quantitative estimate of drug-likeness (QED) is 0.172. The van der Waals surface area contributed by atoms with E-state index < -0.39 is 0 Å². The lowest BCUT2D eigenvalue weighted by atomic mass is 10.0. The van der Waals surface area contributed by atoms with Gasteiger partial charge in [0.2, 0.25) is 0 Å². The van der Waals surface area contributed by atoms with Crippen LogP contribution >= 0.6 is 0 Å². The number of para-hydroxylation sites is 3. The van der Waals surface area contributed by atoms with Crippen LogP contribution in [0.1, 0.15) is 0 Å². The van der Waals surface area contributed by atoms with Crippen molar-refractivity contribution in [2.45, 2.75) is 0 Å². The zero-order valence-corrected chi connectivity index (χ0v) is 30.4. The fourth-order valence-corrected chi connectivity index (χ4v) is 8.42. The van der Waals surface area contributed by atoms with Crippen molar-refractivity contribution in [2.24, 2.45) is 0 Å². The average Bonchev–Trinajstić information content (AvgIpc) is 3.80. The molecule has 0 saturated carbocycles. The van der Waals surface area contributed by atoms with E-state index in [2.05, 4.69) is 191 Å². The molecule has 4 nitrogen and oxygen atoms in total. The van der Waals surface area contributed by atoms with Gasteiger partial charge in [-0.25, -0.2) is 9.97 Å². The molecule has 262 valence electrons. The summed E-state index contributed by atoms with van der Waals surface area (Å²) in [5.41, 5.74) is 14.2. The van der Waals surface area contributed by atoms with Gasteiger partial charge in [-0.15, -0.1) is 0 Å². The maximum Gasteiger partial charge on any atom is 0.160 e. The molecule has 3 heterocycles. The van der Waals surface area contributed by atoms with E-state index in [0.29, 0.717) is 5.82 Å². The largest absolute Gasteiger partial charge is 0.309 e. The molecule has 0 spiro atoms. The third kappa shape index (κ3) is 5.15. The minimum absolute atomic E-state index is 0.709. The molecule has 0 radical (unpaired) electrons. The molecule has 0 saturated heterocycles. The van der Waals surface area contributed by atoms with Gasteiger partial charge in [0.05, 0.1) is 39.1 Å². The monoisotopic (exact) mass is 714 g/mol. The molecule has 4 heteroatoms. The highest BCUT2D eigenvalue weighted by atomic mass is 15.0. The molecule has 0 amide bonds. The molecule has 0 unspecified atom stereocenters. The summed E-state index contributed by atoms with van der Waals surface area (Å²) < 4.78 is 4.89. The van der Waals surface area contributed by atoms with Crippen molar-refractivity contribution in [3.8, 4) is 56.4 Å². The molecule has 11 aromatic rings. The summed E-state index contributed by atoms with van der Waals surface area (Å²) in [5, 5.41) is 4.91. The van der Waals surface area contributed by atoms with Crippen LogP contribution in [0, 0.1) is 0 Å². The van der Waals surface area contributed by atoms with E-state index >= 15 is 0 Å². The van der Waals surface area contributed by atoms with Crippen LogP contribution in [0.4, 0.5) is 0 Å². The van der Waals surface area contributed by atoms with Gasteiger partial charge in [0.15, 0.2) is 5.82 Å². The van der Waals surface area contributed by atoms with Crippen molar-refractivity contribution >= 4 is 43.6 Å². The van der Waals surface area contributed by atoms with Gasteiger partial charge >= 0.3 is 0 Å². The molecular formula is C52H34N4. The zero-order valence-electron chi connectivity index (χ0n) is 30.4. The summed E-state index contributed by atoms with van der Waals surface area (Å²) in [6, 6.07) is 73.2. The Labute approximate surface area is 324 Å². The van der Waals surface area contributed by atoms with Crippen LogP contribution in [-0.4, -0.2) is 19.1 Å². The molecule has 0 N–H and O–H groups in total. The summed E-state index contributed by atoms with van der Waals surface area (Å²) >= 11 is 0. The van der Waals surface area contributed by atoms with Gasteiger partial charge in [-0.2, -0.15) is 0 Å². The van der Waals surface area contributed by atoms with Crippen LogP contribution in [0.3, 0.4) is 0 Å². The van der Waals surface area contributed by atoms with Crippen LogP contribution in [0.15, 0.2) is 206 Å². The predicted molar refractivity (Wildman–Crippen MR) is 232 cm³/mol. The Morgan fingerprint density at radius 1 is 0.339 bits per heavy atom. The Hall–Kier alpha value is -7.56. The number of benzene rings is 8. The fourth-order valence-electron chi connectivity index (χ4n) is 8.42. The van der Waals surface area contributed by atoms with Crippen LogP contribution < -0.4 is 0 Å². The minimum atomic E-state index is 0.709. The molecule has 3 aromatic heterocycles. The van der Waals surface area contributed by atoms with Crippen LogP contribution in [0.5, 0.6) is 0 Å². The second-order valence-corrected chi connectivity index (χ2v) is 14.2. The molecule has 0 aliphatic heterocycles. The summed E-state index contributed by atoms with van der Waals surface area (Å²) in [6.45, 7) is 0. The van der Waals surface area contributed by atoms with E-state index in [9.17, 15) is 0 Å². The molecule has 8 aromatic carbocycles. The number of hydrogen-bond acceptors (Lipinski definition) is 2. The second-order valence-electron chi connectivity index (χ2n) is 14.2. The molecule has 0 fully saturated rings. The molecule has 11 rings (SSSR count). The highest BCUT2D eigenvalue weighted by Gasteiger charge is 2.22. The first-order chi connectivity index (χ1) is 27.8. The number of fused-ring (bicyclic) bond motifs is 7. The highest BCUT2D eigenvalue weighted by Crippen LogP contribution is 2.43. The standard InChI is InChI=1S/C52H34N4/c1-4-16-35(17-5-1)40-22-10-13-25-46(40)56-48-27-15-12-24-43(48)50-49(56)33-32-42-41-23-11-14-26-47(41)55(51(42)50)39-30-28-37(29-31-39)45-34-44(36-18-6-2-7-19-36)53-52(54-45)38-20-8-3-9-21-38/h1-34H. The normalized spacial score (nSPS) is 11.6. The number of rotatable bonds is 6. The van der Waals surface area contributed by atoms with E-state index in [1.807, 2.05) is 24.3 Å². The number of hydrogen-bond donors (Lipinski definition) is 0. The summed E-state index contributed by atoms with van der Waals surface area (Å²) in [7, 11) is 0. The van der Waals surface area contributed by atoms with Crippen molar-refractivity contribution in [3.05, 3.63) is 206 Å². The third-order valence-corrected chi connectivity index (χ3v) is 10.9. The van der Waals surface area contributed by atoms with E-state index in [-0.39, 0.29) is 0 Å². The van der Waals surface area contributed by atoms with Crippen molar-refractivity contribution in [3.63, 3.8) is 0 Å². The van der Waals surface area contributed by atoms with Gasteiger partial charge in [-0.1, -0.05) is 164 Å². The Bertz CT molecular complexity index is 3160. The van der Waals surface area contributed by atoms with Gasteiger partial charge < -0.3 is 9.13 Å². The highest BCUT2D eigenvalue weighted by molar-refractivity contribution is 6.26. The predicted octanol–water partition coefficient (Wildman–Crippen LogP) is 13.3. The lowest BCUT2D eigenvalue weighted by Crippen LogP contribution is -1.98. The molecule has 0 aliphatic carbocycles. The molecule has 56 heavy (non-hydrogen) atoms. The summed E-state index contributed by atoms with van der Waals surface area (Å²) in [5.74, 6) is 0.709. The van der Waals surface area contributed by atoms with Crippen LogP contribution in [0.2, 0.25) is 0 Å². The maximum atomic E-state index is 5.11. The Balaban J connectivity index is 1.13. The molecule has 0 aliphatic rings. The first kappa shape index (κ1) is 31.9. The molecule has 0 bridgehead atoms. The fraction of sp³-hybridized carbons (Fsp3) is 0. The van der Waals surface area contributed by atoms with Gasteiger partial charge in [-0.3, -0.25) is 0 Å². The molecular weight excluding hydrogens is 681 g/mol. The zero-order chi connectivity index (χ0) is 37.0. The minimum Gasteiger partial charge on any atom is -0.309 e. The van der Waals surface area contributed by atoms with Gasteiger partial charge in [0, 0.05) is 49.5 Å². The summed E-state index contributed by atoms with van der Waals surface area (Å²) in [4.78, 5) is 10.1. The van der Waals surface area contributed by atoms with Crippen molar-refractivity contribution in [1.29, 1.82) is 0 Å². The van der Waals surface area contributed by atoms with Crippen LogP contribution in [-0.2, 0) is 0 Å². The summed E-state index contributed by atoms with van der Waals surface area (Å²) in [6.07, 6.45) is 0. The maximum absolute atomic E-state index is 5.11. The first-order valence-electron chi connectivity index (χ1n) is 19.0. The lowest BCUT2D eigenvalue weighted by molar-refractivity contribution is 1.17. The second kappa shape index (κ2) is 13.1. The van der Waals surface area contributed by atoms with E-state index in [0.717, 1.165) is 39.5 Å². The Morgan fingerprint density at radius 3 is 1.57 bits per heavy atom.